The molecule has 58 valence electrons. The lowest BCUT2D eigenvalue weighted by Crippen LogP contribution is -2.20. The van der Waals surface area contributed by atoms with Crippen molar-refractivity contribution in [3.8, 4) is 0 Å². The lowest BCUT2D eigenvalue weighted by molar-refractivity contribution is 0.0943. The Hall–Kier alpha value is -0.0400. The second kappa shape index (κ2) is 2.23. The maximum absolute atomic E-state index is 9.43. The molecule has 10 heavy (non-hydrogen) atoms. The van der Waals surface area contributed by atoms with Crippen LogP contribution in [0, 0.1) is 17.8 Å². The first kappa shape index (κ1) is 6.66. The predicted octanol–water partition coefficient (Wildman–Crippen LogP) is 1.80. The monoisotopic (exact) mass is 140 g/mol. The van der Waals surface area contributed by atoms with Gasteiger partial charge in [-0.15, -0.1) is 0 Å². The first-order chi connectivity index (χ1) is 4.81. The summed E-state index contributed by atoms with van der Waals surface area (Å²) in [5.74, 6) is 2.51. The van der Waals surface area contributed by atoms with Crippen LogP contribution in [0.2, 0.25) is 0 Å². The highest BCUT2D eigenvalue weighted by Crippen LogP contribution is 2.49. The van der Waals surface area contributed by atoms with E-state index in [0.717, 1.165) is 18.3 Å². The molecular weight excluding hydrogens is 124 g/mol. The summed E-state index contributed by atoms with van der Waals surface area (Å²) in [6.45, 7) is 2.28. The normalized spacial score (nSPS) is 52.2. The molecule has 0 unspecified atom stereocenters. The van der Waals surface area contributed by atoms with Crippen molar-refractivity contribution in [1.29, 1.82) is 0 Å². The fraction of sp³-hybridized carbons (Fsp3) is 1.00. The van der Waals surface area contributed by atoms with E-state index in [4.69, 9.17) is 0 Å². The van der Waals surface area contributed by atoms with Gasteiger partial charge in [0.05, 0.1) is 6.10 Å². The van der Waals surface area contributed by atoms with Gasteiger partial charge in [-0.1, -0.05) is 13.3 Å². The molecule has 0 aromatic rings. The minimum absolute atomic E-state index is 0.0628. The summed E-state index contributed by atoms with van der Waals surface area (Å²) in [4.78, 5) is 0. The van der Waals surface area contributed by atoms with Crippen LogP contribution in [0.4, 0.5) is 0 Å². The zero-order chi connectivity index (χ0) is 7.14. The molecule has 2 saturated carbocycles. The van der Waals surface area contributed by atoms with Crippen LogP contribution in [0.15, 0.2) is 0 Å². The topological polar surface area (TPSA) is 20.2 Å². The van der Waals surface area contributed by atoms with E-state index in [9.17, 15) is 5.11 Å². The molecule has 0 saturated heterocycles. The van der Waals surface area contributed by atoms with Crippen molar-refractivity contribution in [2.75, 3.05) is 0 Å². The lowest BCUT2D eigenvalue weighted by Gasteiger charge is -2.23. The maximum atomic E-state index is 9.43. The Morgan fingerprint density at radius 2 is 2.00 bits per heavy atom. The summed E-state index contributed by atoms with van der Waals surface area (Å²) in [7, 11) is 0. The summed E-state index contributed by atoms with van der Waals surface area (Å²) in [6, 6.07) is 0. The Kier molecular flexibility index (Phi) is 1.48. The van der Waals surface area contributed by atoms with Gasteiger partial charge in [-0.3, -0.25) is 0 Å². The molecule has 1 N–H and O–H groups in total. The van der Waals surface area contributed by atoms with Crippen molar-refractivity contribution in [2.45, 2.75) is 38.7 Å². The molecule has 0 heterocycles. The highest BCUT2D eigenvalue weighted by Gasteiger charge is 2.43. The molecule has 0 aromatic heterocycles. The van der Waals surface area contributed by atoms with Gasteiger partial charge in [-0.25, -0.2) is 0 Å². The summed E-state index contributed by atoms with van der Waals surface area (Å²) in [6.07, 6.45) is 5.12. The molecule has 0 radical (unpaired) electrons. The minimum atomic E-state index is 0.0628. The lowest BCUT2D eigenvalue weighted by atomic mass is 9.86. The predicted molar refractivity (Wildman–Crippen MR) is 40.6 cm³/mol. The number of aliphatic hydroxyl groups excluding tert-OH is 1. The second-order valence-electron chi connectivity index (χ2n) is 3.96. The van der Waals surface area contributed by atoms with E-state index in [1.54, 1.807) is 0 Å². The van der Waals surface area contributed by atoms with Crippen molar-refractivity contribution < 1.29 is 5.11 Å². The zero-order valence-electron chi connectivity index (χ0n) is 6.59. The van der Waals surface area contributed by atoms with E-state index in [1.807, 2.05) is 0 Å². The van der Waals surface area contributed by atoms with Gasteiger partial charge in [-0.05, 0) is 37.0 Å². The Labute approximate surface area is 62.4 Å². The molecule has 0 spiro atoms. The van der Waals surface area contributed by atoms with Crippen LogP contribution in [-0.2, 0) is 0 Å². The molecule has 1 nitrogen and oxygen atoms in total. The van der Waals surface area contributed by atoms with E-state index in [-0.39, 0.29) is 6.10 Å². The molecule has 2 fully saturated rings. The van der Waals surface area contributed by atoms with Crippen LogP contribution in [-0.4, -0.2) is 11.2 Å². The molecular formula is C9H16O. The van der Waals surface area contributed by atoms with Crippen molar-refractivity contribution in [1.82, 2.24) is 0 Å². The molecule has 0 aromatic carbocycles. The van der Waals surface area contributed by atoms with Crippen molar-refractivity contribution in [3.63, 3.8) is 0 Å². The van der Waals surface area contributed by atoms with Gasteiger partial charge in [0, 0.05) is 0 Å². The Morgan fingerprint density at radius 3 is 2.40 bits per heavy atom. The molecule has 2 aliphatic carbocycles. The largest absolute Gasteiger partial charge is 0.393 e. The molecule has 1 heteroatoms. The summed E-state index contributed by atoms with van der Waals surface area (Å²) >= 11 is 0. The van der Waals surface area contributed by atoms with Gasteiger partial charge in [-0.2, -0.15) is 0 Å². The number of fused-ring (bicyclic) bond motifs is 2. The minimum Gasteiger partial charge on any atom is -0.393 e. The van der Waals surface area contributed by atoms with Crippen LogP contribution in [0.25, 0.3) is 0 Å². The number of rotatable bonds is 1. The highest BCUT2D eigenvalue weighted by atomic mass is 16.3. The first-order valence-electron chi connectivity index (χ1n) is 4.49. The smallest absolute Gasteiger partial charge is 0.0571 e. The molecule has 2 bridgehead atoms. The quantitative estimate of drug-likeness (QED) is 0.589. The molecule has 4 atom stereocenters. The second-order valence-corrected chi connectivity index (χ2v) is 3.96. The van der Waals surface area contributed by atoms with Crippen LogP contribution in [0.1, 0.15) is 32.6 Å². The standard InChI is InChI=1S/C9H16O/c1-2-6-3-8-4-7(6)5-9(8)10/h6-10H,2-5H2,1H3/t6-,7-,8+,9-/m0/s1. The summed E-state index contributed by atoms with van der Waals surface area (Å²) < 4.78 is 0. The Morgan fingerprint density at radius 1 is 1.20 bits per heavy atom. The van der Waals surface area contributed by atoms with Crippen molar-refractivity contribution in [2.24, 2.45) is 17.8 Å². The molecule has 0 amide bonds. The summed E-state index contributed by atoms with van der Waals surface area (Å²) in [5.41, 5.74) is 0. The van der Waals surface area contributed by atoms with Crippen molar-refractivity contribution >= 4 is 0 Å². The average Bonchev–Trinajstić information content (AvgIpc) is 2.44. The third-order valence-electron chi connectivity index (χ3n) is 3.49. The molecule has 2 aliphatic rings. The van der Waals surface area contributed by atoms with Gasteiger partial charge in [0.1, 0.15) is 0 Å². The fourth-order valence-electron chi connectivity index (χ4n) is 2.86. The van der Waals surface area contributed by atoms with Crippen LogP contribution >= 0.6 is 0 Å². The Bertz CT molecular complexity index is 131. The number of hydrogen-bond acceptors (Lipinski definition) is 1. The number of hydrogen-bond donors (Lipinski definition) is 1. The van der Waals surface area contributed by atoms with Crippen LogP contribution < -0.4 is 0 Å². The maximum Gasteiger partial charge on any atom is 0.0571 e. The van der Waals surface area contributed by atoms with Gasteiger partial charge in [0.15, 0.2) is 0 Å². The third kappa shape index (κ3) is 0.800. The first-order valence-corrected chi connectivity index (χ1v) is 4.49. The molecule has 0 aliphatic heterocycles. The van der Waals surface area contributed by atoms with Gasteiger partial charge < -0.3 is 5.11 Å². The van der Waals surface area contributed by atoms with Gasteiger partial charge in [0.2, 0.25) is 0 Å². The number of aliphatic hydroxyl groups is 1. The highest BCUT2D eigenvalue weighted by molar-refractivity contribution is 4.94. The average molecular weight is 140 g/mol. The molecule has 2 rings (SSSR count). The fourth-order valence-corrected chi connectivity index (χ4v) is 2.86. The summed E-state index contributed by atoms with van der Waals surface area (Å²) in [5, 5.41) is 9.43. The van der Waals surface area contributed by atoms with Crippen LogP contribution in [0.5, 0.6) is 0 Å². The van der Waals surface area contributed by atoms with Gasteiger partial charge in [0.25, 0.3) is 0 Å². The van der Waals surface area contributed by atoms with Crippen molar-refractivity contribution in [3.05, 3.63) is 0 Å². The zero-order valence-corrected chi connectivity index (χ0v) is 6.59. The van der Waals surface area contributed by atoms with E-state index in [1.165, 1.54) is 19.3 Å². The van der Waals surface area contributed by atoms with E-state index in [0.29, 0.717) is 5.92 Å². The third-order valence-corrected chi connectivity index (χ3v) is 3.49. The van der Waals surface area contributed by atoms with Gasteiger partial charge >= 0.3 is 0 Å². The SMILES string of the molecule is CC[C@H]1C[C@@H]2C[C@H]1C[C@@H]2O. The van der Waals surface area contributed by atoms with E-state index >= 15 is 0 Å². The Balaban J connectivity index is 2.02. The van der Waals surface area contributed by atoms with Crippen LogP contribution in [0.3, 0.4) is 0 Å². The van der Waals surface area contributed by atoms with E-state index in [2.05, 4.69) is 6.92 Å². The van der Waals surface area contributed by atoms with E-state index < -0.39 is 0 Å².